The summed E-state index contributed by atoms with van der Waals surface area (Å²) in [5.41, 5.74) is 2.82. The number of allylic oxidation sites excluding steroid dienone is 4. The highest BCUT2D eigenvalue weighted by atomic mass is 35.5. The van der Waals surface area contributed by atoms with Crippen molar-refractivity contribution in [3.05, 3.63) is 57.6 Å². The summed E-state index contributed by atoms with van der Waals surface area (Å²) < 4.78 is 7.17. The molecule has 0 radical (unpaired) electrons. The highest BCUT2D eigenvalue weighted by Crippen LogP contribution is 2.31. The molecule has 27 heavy (non-hydrogen) atoms. The second-order valence-corrected chi connectivity index (χ2v) is 7.58. The number of thiazole rings is 1. The van der Waals surface area contributed by atoms with Gasteiger partial charge in [-0.3, -0.25) is 9.36 Å². The van der Waals surface area contributed by atoms with E-state index in [-0.39, 0.29) is 5.56 Å². The van der Waals surface area contributed by atoms with Crippen molar-refractivity contribution >= 4 is 49.8 Å². The number of anilines is 2. The van der Waals surface area contributed by atoms with Crippen molar-refractivity contribution < 1.29 is 4.74 Å². The summed E-state index contributed by atoms with van der Waals surface area (Å²) in [6.07, 6.45) is 5.20. The topological polar surface area (TPSA) is 69.0 Å². The van der Waals surface area contributed by atoms with Gasteiger partial charge in [0.1, 0.15) is 16.8 Å². The molecule has 0 bridgehead atoms. The molecule has 1 aliphatic rings. The second-order valence-electron chi connectivity index (χ2n) is 6.12. The van der Waals surface area contributed by atoms with Crippen LogP contribution >= 0.6 is 22.9 Å². The number of halogens is 1. The molecule has 0 saturated heterocycles. The highest BCUT2D eigenvalue weighted by molar-refractivity contribution is 7.22. The minimum Gasteiger partial charge on any atom is -0.497 e. The van der Waals surface area contributed by atoms with E-state index >= 15 is 0 Å². The van der Waals surface area contributed by atoms with Crippen LogP contribution in [-0.2, 0) is 0 Å². The maximum atomic E-state index is 13.0. The number of ether oxygens (including phenoxy) is 1. The van der Waals surface area contributed by atoms with E-state index in [4.69, 9.17) is 16.3 Å². The number of aromatic nitrogens is 3. The van der Waals surface area contributed by atoms with E-state index < -0.39 is 0 Å². The van der Waals surface area contributed by atoms with Gasteiger partial charge in [0.15, 0.2) is 10.8 Å². The molecule has 6 nitrogen and oxygen atoms in total. The maximum absolute atomic E-state index is 13.0. The molecule has 138 valence electrons. The summed E-state index contributed by atoms with van der Waals surface area (Å²) in [6.45, 7) is 1.96. The van der Waals surface area contributed by atoms with Crippen molar-refractivity contribution in [2.45, 2.75) is 19.8 Å². The number of methoxy groups -OCH3 is 1. The van der Waals surface area contributed by atoms with E-state index in [1.807, 2.05) is 31.2 Å². The Hall–Kier alpha value is -2.64. The van der Waals surface area contributed by atoms with Crippen molar-refractivity contribution in [3.63, 3.8) is 0 Å². The summed E-state index contributed by atoms with van der Waals surface area (Å²) in [5, 5.41) is 4.49. The van der Waals surface area contributed by atoms with Crippen LogP contribution in [0.5, 0.6) is 5.75 Å². The van der Waals surface area contributed by atoms with Crippen LogP contribution < -0.4 is 15.6 Å². The Bertz CT molecular complexity index is 1130. The van der Waals surface area contributed by atoms with E-state index in [0.717, 1.165) is 35.5 Å². The van der Waals surface area contributed by atoms with Gasteiger partial charge < -0.3 is 10.1 Å². The molecule has 1 aromatic carbocycles. The average molecular weight is 401 g/mol. The first-order chi connectivity index (χ1) is 13.1. The second kappa shape index (κ2) is 7.17. The smallest absolute Gasteiger partial charge is 0.277 e. The molecule has 0 saturated carbocycles. The van der Waals surface area contributed by atoms with Gasteiger partial charge in [0.05, 0.1) is 12.8 Å². The van der Waals surface area contributed by atoms with Crippen LogP contribution in [0.3, 0.4) is 0 Å². The zero-order valence-corrected chi connectivity index (χ0v) is 16.4. The third-order valence-corrected chi connectivity index (χ3v) is 5.66. The normalized spacial score (nSPS) is 14.4. The summed E-state index contributed by atoms with van der Waals surface area (Å²) in [4.78, 5) is 21.8. The molecule has 4 rings (SSSR count). The van der Waals surface area contributed by atoms with Gasteiger partial charge in [-0.1, -0.05) is 29.0 Å². The molecule has 0 unspecified atom stereocenters. The molecule has 1 N–H and O–H groups in total. The molecule has 1 aliphatic carbocycles. The lowest BCUT2D eigenvalue weighted by atomic mass is 10.0. The van der Waals surface area contributed by atoms with Crippen LogP contribution in [0.4, 0.5) is 10.8 Å². The number of benzene rings is 1. The molecular weight excluding hydrogens is 384 g/mol. The van der Waals surface area contributed by atoms with Crippen molar-refractivity contribution in [1.29, 1.82) is 0 Å². The number of nitrogens with zero attached hydrogens (tertiary/aromatic N) is 3. The van der Waals surface area contributed by atoms with Crippen molar-refractivity contribution in [1.82, 2.24) is 14.5 Å². The SMILES string of the molecule is COc1ccc(Nc2nc3ncn(C4=C(Cl)CCC=C4C)c(=O)c3s2)cc1. The van der Waals surface area contributed by atoms with Crippen LogP contribution in [0.25, 0.3) is 16.0 Å². The minimum absolute atomic E-state index is 0.164. The third kappa shape index (κ3) is 3.36. The molecule has 0 atom stereocenters. The molecule has 0 fully saturated rings. The van der Waals surface area contributed by atoms with E-state index in [0.29, 0.717) is 20.5 Å². The monoisotopic (exact) mass is 400 g/mol. The van der Waals surface area contributed by atoms with Gasteiger partial charge in [-0.05, 0) is 49.6 Å². The van der Waals surface area contributed by atoms with Crippen LogP contribution in [0.2, 0.25) is 0 Å². The number of nitrogens with one attached hydrogen (secondary N) is 1. The lowest BCUT2D eigenvalue weighted by molar-refractivity contribution is 0.415. The molecule has 0 aliphatic heterocycles. The molecule has 3 aromatic rings. The number of hydrogen-bond acceptors (Lipinski definition) is 6. The molecule has 2 heterocycles. The van der Waals surface area contributed by atoms with Gasteiger partial charge in [0.2, 0.25) is 0 Å². The molecule has 8 heteroatoms. The molecule has 0 amide bonds. The van der Waals surface area contributed by atoms with Crippen LogP contribution in [0.15, 0.2) is 52.1 Å². The molecular formula is C19H17ClN4O2S. The first-order valence-corrected chi connectivity index (χ1v) is 9.61. The van der Waals surface area contributed by atoms with Crippen molar-refractivity contribution in [2.75, 3.05) is 12.4 Å². The largest absolute Gasteiger partial charge is 0.497 e. The number of rotatable bonds is 4. The van der Waals surface area contributed by atoms with E-state index in [9.17, 15) is 4.79 Å². The average Bonchev–Trinajstić information content (AvgIpc) is 3.07. The zero-order valence-electron chi connectivity index (χ0n) is 14.8. The Morgan fingerprint density at radius 3 is 2.78 bits per heavy atom. The Morgan fingerprint density at radius 1 is 1.30 bits per heavy atom. The zero-order chi connectivity index (χ0) is 19.0. The van der Waals surface area contributed by atoms with Crippen LogP contribution in [0, 0.1) is 0 Å². The highest BCUT2D eigenvalue weighted by Gasteiger charge is 2.18. The fraction of sp³-hybridized carbons (Fsp3) is 0.211. The van der Waals surface area contributed by atoms with Gasteiger partial charge in [0.25, 0.3) is 5.56 Å². The van der Waals surface area contributed by atoms with Crippen LogP contribution in [0.1, 0.15) is 19.8 Å². The fourth-order valence-corrected chi connectivity index (χ4v) is 4.21. The Kier molecular flexibility index (Phi) is 4.72. The summed E-state index contributed by atoms with van der Waals surface area (Å²) >= 11 is 7.66. The maximum Gasteiger partial charge on any atom is 0.277 e. The van der Waals surface area contributed by atoms with Gasteiger partial charge in [0, 0.05) is 10.7 Å². The third-order valence-electron chi connectivity index (χ3n) is 4.34. The summed E-state index contributed by atoms with van der Waals surface area (Å²) in [6, 6.07) is 7.48. The standard InChI is InChI=1S/C19H17ClN4O2S/c1-11-4-3-5-14(20)15(11)24-10-21-17-16(18(24)25)27-19(23-17)22-12-6-8-13(26-2)9-7-12/h4,6-10H,3,5H2,1-2H3,(H,22,23). The van der Waals surface area contributed by atoms with Crippen LogP contribution in [-0.4, -0.2) is 21.6 Å². The number of hydrogen-bond donors (Lipinski definition) is 1. The summed E-state index contributed by atoms with van der Waals surface area (Å²) in [5.74, 6) is 0.774. The van der Waals surface area contributed by atoms with E-state index in [1.54, 1.807) is 7.11 Å². The quantitative estimate of drug-likeness (QED) is 0.684. The molecule has 2 aromatic heterocycles. The Morgan fingerprint density at radius 2 is 2.07 bits per heavy atom. The first kappa shape index (κ1) is 17.8. The van der Waals surface area contributed by atoms with Crippen molar-refractivity contribution in [2.24, 2.45) is 0 Å². The predicted octanol–water partition coefficient (Wildman–Crippen LogP) is 4.75. The predicted molar refractivity (Wildman–Crippen MR) is 110 cm³/mol. The van der Waals surface area contributed by atoms with Gasteiger partial charge >= 0.3 is 0 Å². The Balaban J connectivity index is 1.72. The lowest BCUT2D eigenvalue weighted by Gasteiger charge is -2.17. The van der Waals surface area contributed by atoms with Crippen molar-refractivity contribution in [3.8, 4) is 5.75 Å². The fourth-order valence-electron chi connectivity index (χ4n) is 2.99. The first-order valence-electron chi connectivity index (χ1n) is 8.42. The van der Waals surface area contributed by atoms with E-state index in [1.165, 1.54) is 22.2 Å². The minimum atomic E-state index is -0.164. The Labute approximate surface area is 164 Å². The van der Waals surface area contributed by atoms with E-state index in [2.05, 4.69) is 21.4 Å². The lowest BCUT2D eigenvalue weighted by Crippen LogP contribution is -2.21. The summed E-state index contributed by atoms with van der Waals surface area (Å²) in [7, 11) is 1.62. The van der Waals surface area contributed by atoms with Gasteiger partial charge in [-0.25, -0.2) is 4.98 Å². The van der Waals surface area contributed by atoms with Gasteiger partial charge in [-0.15, -0.1) is 0 Å². The number of fused-ring (bicyclic) bond motifs is 1. The van der Waals surface area contributed by atoms with Gasteiger partial charge in [-0.2, -0.15) is 4.98 Å². The molecule has 0 spiro atoms.